The van der Waals surface area contributed by atoms with Gasteiger partial charge in [-0.05, 0) is 115 Å². The van der Waals surface area contributed by atoms with Crippen molar-refractivity contribution in [3.05, 3.63) is 146 Å². The fourth-order valence-electron chi connectivity index (χ4n) is 8.35. The Labute approximate surface area is 307 Å². The predicted molar refractivity (Wildman–Crippen MR) is 226 cm³/mol. The average molecular weight is 703 g/mol. The molecule has 9 aromatic carbocycles. The van der Waals surface area contributed by atoms with Gasteiger partial charge in [-0.15, -0.1) is 22.7 Å². The standard InChI is InChI=1S/C48H30O2S2/c1-49-31-15-11-27(12-16-31)39-23-29-25-42-30(26-41(29)45-35(39)19-21-37-33-7-3-5-9-43(33)51-47(37)45)24-40(28-13-17-32(50-2)18-14-28)36-20-22-38-34-8-4-6-10-44(34)52-48(38)46(36)42/h3-26H,1-2H3. The van der Waals surface area contributed by atoms with Crippen molar-refractivity contribution < 1.29 is 9.47 Å². The van der Waals surface area contributed by atoms with Crippen molar-refractivity contribution in [2.75, 3.05) is 14.2 Å². The number of hydrogen-bond donors (Lipinski definition) is 0. The number of ether oxygens (including phenoxy) is 2. The van der Waals surface area contributed by atoms with Crippen LogP contribution in [-0.4, -0.2) is 14.2 Å². The molecule has 0 saturated carbocycles. The van der Waals surface area contributed by atoms with Crippen LogP contribution in [0.2, 0.25) is 0 Å². The molecule has 0 fully saturated rings. The van der Waals surface area contributed by atoms with E-state index in [0.717, 1.165) is 11.5 Å². The zero-order valence-electron chi connectivity index (χ0n) is 28.5. The molecule has 0 saturated heterocycles. The van der Waals surface area contributed by atoms with Crippen LogP contribution in [0.25, 0.3) is 106 Å². The summed E-state index contributed by atoms with van der Waals surface area (Å²) >= 11 is 3.80. The van der Waals surface area contributed by atoms with Crippen LogP contribution >= 0.6 is 22.7 Å². The van der Waals surface area contributed by atoms with Crippen LogP contribution in [0.3, 0.4) is 0 Å². The summed E-state index contributed by atoms with van der Waals surface area (Å²) in [6, 6.07) is 53.7. The smallest absolute Gasteiger partial charge is 0.118 e. The molecule has 0 amide bonds. The Kier molecular flexibility index (Phi) is 6.46. The van der Waals surface area contributed by atoms with E-state index in [1.54, 1.807) is 14.2 Å². The fraction of sp³-hybridized carbons (Fsp3) is 0.0417. The molecule has 2 heterocycles. The maximum absolute atomic E-state index is 5.55. The normalized spacial score (nSPS) is 12.0. The highest BCUT2D eigenvalue weighted by atomic mass is 32.1. The summed E-state index contributed by atoms with van der Waals surface area (Å²) in [6.07, 6.45) is 0. The molecule has 0 N–H and O–H groups in total. The van der Waals surface area contributed by atoms with Crippen molar-refractivity contribution in [2.24, 2.45) is 0 Å². The van der Waals surface area contributed by atoms with Gasteiger partial charge < -0.3 is 9.47 Å². The number of fused-ring (bicyclic) bond motifs is 14. The second-order valence-electron chi connectivity index (χ2n) is 13.5. The SMILES string of the molecule is COc1ccc(-c2cc3cc4c(cc(-c5ccc(OC)cc5)c5ccc6c7ccccc7sc6c54)cc3c3c2ccc2c4ccccc4sc23)cc1. The molecule has 11 rings (SSSR count). The first-order chi connectivity index (χ1) is 25.7. The third-order valence-electron chi connectivity index (χ3n) is 10.8. The molecule has 0 unspecified atom stereocenters. The monoisotopic (exact) mass is 702 g/mol. The molecule has 0 atom stereocenters. The summed E-state index contributed by atoms with van der Waals surface area (Å²) < 4.78 is 16.4. The minimum absolute atomic E-state index is 0.859. The molecular formula is C48H30O2S2. The average Bonchev–Trinajstić information content (AvgIpc) is 3.78. The zero-order valence-corrected chi connectivity index (χ0v) is 30.1. The maximum Gasteiger partial charge on any atom is 0.118 e. The molecular weight excluding hydrogens is 673 g/mol. The molecule has 0 aliphatic rings. The summed E-state index contributed by atoms with van der Waals surface area (Å²) in [7, 11) is 3.45. The first kappa shape index (κ1) is 29.8. The van der Waals surface area contributed by atoms with Gasteiger partial charge in [-0.3, -0.25) is 0 Å². The lowest BCUT2D eigenvalue weighted by molar-refractivity contribution is 0.415. The molecule has 52 heavy (non-hydrogen) atoms. The molecule has 0 aliphatic carbocycles. The van der Waals surface area contributed by atoms with E-state index in [2.05, 4.69) is 146 Å². The van der Waals surface area contributed by atoms with E-state index in [1.165, 1.54) is 106 Å². The van der Waals surface area contributed by atoms with Crippen molar-refractivity contribution in [3.63, 3.8) is 0 Å². The van der Waals surface area contributed by atoms with Gasteiger partial charge >= 0.3 is 0 Å². The molecule has 0 bridgehead atoms. The van der Waals surface area contributed by atoms with E-state index >= 15 is 0 Å². The highest BCUT2D eigenvalue weighted by molar-refractivity contribution is 7.27. The van der Waals surface area contributed by atoms with Crippen molar-refractivity contribution in [2.45, 2.75) is 0 Å². The van der Waals surface area contributed by atoms with E-state index in [0.29, 0.717) is 0 Å². The van der Waals surface area contributed by atoms with E-state index in [1.807, 2.05) is 22.7 Å². The van der Waals surface area contributed by atoms with Crippen LogP contribution < -0.4 is 9.47 Å². The zero-order chi connectivity index (χ0) is 34.5. The minimum Gasteiger partial charge on any atom is -0.497 e. The Morgan fingerprint density at radius 1 is 0.365 bits per heavy atom. The van der Waals surface area contributed by atoms with E-state index in [4.69, 9.17) is 9.47 Å². The Balaban J connectivity index is 1.33. The molecule has 246 valence electrons. The summed E-state index contributed by atoms with van der Waals surface area (Å²) in [5.74, 6) is 1.72. The fourth-order valence-corrected chi connectivity index (χ4v) is 10.9. The van der Waals surface area contributed by atoms with E-state index in [9.17, 15) is 0 Å². The van der Waals surface area contributed by atoms with Crippen LogP contribution in [0.5, 0.6) is 11.5 Å². The Hall–Kier alpha value is -5.94. The first-order valence-corrected chi connectivity index (χ1v) is 19.1. The highest BCUT2D eigenvalue weighted by Gasteiger charge is 2.19. The molecule has 11 aromatic rings. The third-order valence-corrected chi connectivity index (χ3v) is 13.2. The number of rotatable bonds is 4. The number of benzene rings is 9. The lowest BCUT2D eigenvalue weighted by atomic mass is 9.88. The summed E-state index contributed by atoms with van der Waals surface area (Å²) in [6.45, 7) is 0. The molecule has 0 aliphatic heterocycles. The Morgan fingerprint density at radius 2 is 0.769 bits per heavy atom. The predicted octanol–water partition coefficient (Wildman–Crippen LogP) is 14.4. The van der Waals surface area contributed by atoms with Crippen LogP contribution in [-0.2, 0) is 0 Å². The second kappa shape index (κ2) is 11.3. The van der Waals surface area contributed by atoms with Crippen molar-refractivity contribution in [3.8, 4) is 33.8 Å². The van der Waals surface area contributed by atoms with Gasteiger partial charge in [-0.25, -0.2) is 0 Å². The summed E-state index contributed by atoms with van der Waals surface area (Å²) in [5, 5.41) is 15.4. The number of thiophene rings is 2. The highest BCUT2D eigenvalue weighted by Crippen LogP contribution is 2.48. The van der Waals surface area contributed by atoms with Gasteiger partial charge in [-0.1, -0.05) is 84.9 Å². The first-order valence-electron chi connectivity index (χ1n) is 17.5. The van der Waals surface area contributed by atoms with Gasteiger partial charge in [0.15, 0.2) is 0 Å². The largest absolute Gasteiger partial charge is 0.497 e. The Morgan fingerprint density at radius 3 is 1.19 bits per heavy atom. The van der Waals surface area contributed by atoms with Gasteiger partial charge in [0.05, 0.1) is 14.2 Å². The van der Waals surface area contributed by atoms with Gasteiger partial charge in [-0.2, -0.15) is 0 Å². The van der Waals surface area contributed by atoms with Gasteiger partial charge in [0.25, 0.3) is 0 Å². The summed E-state index contributed by atoms with van der Waals surface area (Å²) in [5.41, 5.74) is 4.82. The third kappa shape index (κ3) is 4.29. The maximum atomic E-state index is 5.55. The minimum atomic E-state index is 0.859. The molecule has 0 spiro atoms. The van der Waals surface area contributed by atoms with Crippen LogP contribution in [0, 0.1) is 0 Å². The van der Waals surface area contributed by atoms with Crippen LogP contribution in [0.4, 0.5) is 0 Å². The molecule has 2 nitrogen and oxygen atoms in total. The number of methoxy groups -OCH3 is 2. The van der Waals surface area contributed by atoms with Crippen molar-refractivity contribution in [1.82, 2.24) is 0 Å². The van der Waals surface area contributed by atoms with Gasteiger partial charge in [0, 0.05) is 51.1 Å². The number of hydrogen-bond acceptors (Lipinski definition) is 4. The molecule has 2 aromatic heterocycles. The topological polar surface area (TPSA) is 18.5 Å². The lowest BCUT2D eigenvalue weighted by Crippen LogP contribution is -1.89. The van der Waals surface area contributed by atoms with Crippen molar-refractivity contribution >= 4 is 106 Å². The van der Waals surface area contributed by atoms with Crippen LogP contribution in [0.1, 0.15) is 0 Å². The Bertz CT molecular complexity index is 3020. The van der Waals surface area contributed by atoms with Gasteiger partial charge in [0.2, 0.25) is 0 Å². The molecule has 0 radical (unpaired) electrons. The van der Waals surface area contributed by atoms with Crippen LogP contribution in [0.15, 0.2) is 146 Å². The van der Waals surface area contributed by atoms with Gasteiger partial charge in [0.1, 0.15) is 11.5 Å². The lowest BCUT2D eigenvalue weighted by Gasteiger charge is -2.16. The van der Waals surface area contributed by atoms with E-state index in [-0.39, 0.29) is 0 Å². The quantitative estimate of drug-likeness (QED) is 0.134. The van der Waals surface area contributed by atoms with Crippen molar-refractivity contribution in [1.29, 1.82) is 0 Å². The second-order valence-corrected chi connectivity index (χ2v) is 15.6. The summed E-state index contributed by atoms with van der Waals surface area (Å²) in [4.78, 5) is 0. The van der Waals surface area contributed by atoms with E-state index < -0.39 is 0 Å². The molecule has 4 heteroatoms.